The van der Waals surface area contributed by atoms with Crippen molar-refractivity contribution in [2.75, 3.05) is 27.2 Å². The molecule has 0 spiro atoms. The van der Waals surface area contributed by atoms with Gasteiger partial charge in [0.15, 0.2) is 5.78 Å². The third kappa shape index (κ3) is 5.80. The minimum atomic E-state index is -0.129. The lowest BCUT2D eigenvalue weighted by molar-refractivity contribution is 0.104. The Morgan fingerprint density at radius 2 is 1.69 bits per heavy atom. The predicted molar refractivity (Wildman–Crippen MR) is 117 cm³/mol. The molecule has 3 aromatic rings. The number of benzene rings is 3. The van der Waals surface area contributed by atoms with E-state index in [4.69, 9.17) is 4.74 Å². The van der Waals surface area contributed by atoms with Gasteiger partial charge in [0.25, 0.3) is 0 Å². The van der Waals surface area contributed by atoms with Gasteiger partial charge in [0.1, 0.15) is 18.1 Å². The van der Waals surface area contributed by atoms with Crippen LogP contribution in [0, 0.1) is 0 Å². The Bertz CT molecular complexity index is 977. The number of likely N-dealkylation sites (N-methyl/N-ethyl adjacent to an activating group) is 1. The van der Waals surface area contributed by atoms with Crippen LogP contribution < -0.4 is 4.74 Å². The van der Waals surface area contributed by atoms with Crippen molar-refractivity contribution in [2.45, 2.75) is 0 Å². The first kappa shape index (κ1) is 20.4. The highest BCUT2D eigenvalue weighted by Crippen LogP contribution is 2.28. The summed E-state index contributed by atoms with van der Waals surface area (Å²) in [5, 5.41) is 9.40. The summed E-state index contributed by atoms with van der Waals surface area (Å²) in [7, 11) is 3.96. The Kier molecular flexibility index (Phi) is 6.82. The maximum atomic E-state index is 13.0. The lowest BCUT2D eigenvalue weighted by Crippen LogP contribution is -2.20. The summed E-state index contributed by atoms with van der Waals surface area (Å²) in [6.07, 6.45) is 3.27. The van der Waals surface area contributed by atoms with Gasteiger partial charge < -0.3 is 14.7 Å². The standard InChI is InChI=1S/C25H25NO3/c1-26(2)16-17-29-25-15-11-21(20-6-4-3-5-7-20)18-23(25)24(28)14-10-19-8-12-22(27)13-9-19/h3-15,18,27H,16-17H2,1-2H3/b14-10+. The minimum absolute atomic E-state index is 0.129. The van der Waals surface area contributed by atoms with E-state index in [1.807, 2.05) is 67.5 Å². The number of aromatic hydroxyl groups is 1. The van der Waals surface area contributed by atoms with Gasteiger partial charge in [-0.2, -0.15) is 0 Å². The zero-order valence-corrected chi connectivity index (χ0v) is 16.7. The Hall–Kier alpha value is -3.37. The summed E-state index contributed by atoms with van der Waals surface area (Å²) in [6, 6.07) is 22.4. The molecule has 0 bridgehead atoms. The summed E-state index contributed by atoms with van der Waals surface area (Å²) in [5.41, 5.74) is 3.38. The third-order valence-corrected chi connectivity index (χ3v) is 4.47. The van der Waals surface area contributed by atoms with E-state index in [2.05, 4.69) is 0 Å². The fourth-order valence-electron chi connectivity index (χ4n) is 2.84. The Morgan fingerprint density at radius 3 is 2.38 bits per heavy atom. The number of phenolic OH excluding ortho intramolecular Hbond substituents is 1. The number of rotatable bonds is 8. The predicted octanol–water partition coefficient (Wildman–Crippen LogP) is 4.90. The molecule has 0 amide bonds. The highest BCUT2D eigenvalue weighted by Gasteiger charge is 2.13. The normalized spacial score (nSPS) is 11.1. The number of hydrogen-bond donors (Lipinski definition) is 1. The molecular weight excluding hydrogens is 362 g/mol. The molecule has 0 saturated carbocycles. The van der Waals surface area contributed by atoms with Crippen molar-refractivity contribution in [1.29, 1.82) is 0 Å². The van der Waals surface area contributed by atoms with Crippen LogP contribution in [0.15, 0.2) is 78.9 Å². The quantitative estimate of drug-likeness (QED) is 0.441. The zero-order valence-electron chi connectivity index (χ0n) is 16.7. The van der Waals surface area contributed by atoms with Crippen LogP contribution in [-0.4, -0.2) is 43.0 Å². The molecule has 0 saturated heterocycles. The minimum Gasteiger partial charge on any atom is -0.508 e. The highest BCUT2D eigenvalue weighted by molar-refractivity contribution is 6.09. The SMILES string of the molecule is CN(C)CCOc1ccc(-c2ccccc2)cc1C(=O)/C=C/c1ccc(O)cc1. The summed E-state index contributed by atoms with van der Waals surface area (Å²) in [6.45, 7) is 1.26. The number of phenols is 1. The van der Waals surface area contributed by atoms with E-state index in [-0.39, 0.29) is 11.5 Å². The number of nitrogens with zero attached hydrogens (tertiary/aromatic N) is 1. The Morgan fingerprint density at radius 1 is 0.966 bits per heavy atom. The van der Waals surface area contributed by atoms with E-state index in [0.29, 0.717) is 17.9 Å². The third-order valence-electron chi connectivity index (χ3n) is 4.47. The molecular formula is C25H25NO3. The average Bonchev–Trinajstić information content (AvgIpc) is 2.73. The number of allylic oxidation sites excluding steroid dienone is 1. The summed E-state index contributed by atoms with van der Waals surface area (Å²) >= 11 is 0. The number of carbonyl (C=O) groups excluding carboxylic acids is 1. The molecule has 0 fully saturated rings. The topological polar surface area (TPSA) is 49.8 Å². The van der Waals surface area contributed by atoms with Crippen molar-refractivity contribution >= 4 is 11.9 Å². The van der Waals surface area contributed by atoms with Crippen molar-refractivity contribution in [3.8, 4) is 22.6 Å². The fraction of sp³-hybridized carbons (Fsp3) is 0.160. The monoisotopic (exact) mass is 387 g/mol. The molecule has 29 heavy (non-hydrogen) atoms. The van der Waals surface area contributed by atoms with E-state index in [1.54, 1.807) is 30.3 Å². The van der Waals surface area contributed by atoms with Crippen LogP contribution in [0.3, 0.4) is 0 Å². The smallest absolute Gasteiger partial charge is 0.189 e. The number of ether oxygens (including phenoxy) is 1. The maximum absolute atomic E-state index is 13.0. The van der Waals surface area contributed by atoms with Gasteiger partial charge in [-0.15, -0.1) is 0 Å². The summed E-state index contributed by atoms with van der Waals surface area (Å²) in [5.74, 6) is 0.642. The molecule has 0 aliphatic rings. The first-order valence-electron chi connectivity index (χ1n) is 9.51. The lowest BCUT2D eigenvalue weighted by Gasteiger charge is -2.14. The zero-order chi connectivity index (χ0) is 20.6. The Balaban J connectivity index is 1.89. The lowest BCUT2D eigenvalue weighted by atomic mass is 10.00. The number of carbonyl (C=O) groups is 1. The molecule has 3 aromatic carbocycles. The van der Waals surface area contributed by atoms with Crippen LogP contribution in [-0.2, 0) is 0 Å². The second kappa shape index (κ2) is 9.71. The Labute approximate surface area is 171 Å². The van der Waals surface area contributed by atoms with Gasteiger partial charge in [-0.05, 0) is 61.1 Å². The van der Waals surface area contributed by atoms with Gasteiger partial charge in [-0.3, -0.25) is 4.79 Å². The molecule has 4 nitrogen and oxygen atoms in total. The highest BCUT2D eigenvalue weighted by atomic mass is 16.5. The van der Waals surface area contributed by atoms with Crippen molar-refractivity contribution in [3.05, 3.63) is 90.0 Å². The van der Waals surface area contributed by atoms with Crippen LogP contribution in [0.25, 0.3) is 17.2 Å². The molecule has 1 N–H and O–H groups in total. The van der Waals surface area contributed by atoms with Crippen LogP contribution in [0.1, 0.15) is 15.9 Å². The van der Waals surface area contributed by atoms with E-state index in [1.165, 1.54) is 6.08 Å². The molecule has 3 rings (SSSR count). The van der Waals surface area contributed by atoms with Gasteiger partial charge in [0, 0.05) is 6.54 Å². The van der Waals surface area contributed by atoms with Gasteiger partial charge in [0.2, 0.25) is 0 Å². The van der Waals surface area contributed by atoms with E-state index in [9.17, 15) is 9.90 Å². The first-order valence-corrected chi connectivity index (χ1v) is 9.51. The number of hydrogen-bond acceptors (Lipinski definition) is 4. The largest absolute Gasteiger partial charge is 0.508 e. The van der Waals surface area contributed by atoms with Gasteiger partial charge >= 0.3 is 0 Å². The van der Waals surface area contributed by atoms with E-state index < -0.39 is 0 Å². The second-order valence-electron chi connectivity index (χ2n) is 7.02. The molecule has 0 aromatic heterocycles. The molecule has 0 aliphatic carbocycles. The van der Waals surface area contributed by atoms with Crippen LogP contribution in [0.5, 0.6) is 11.5 Å². The summed E-state index contributed by atoms with van der Waals surface area (Å²) in [4.78, 5) is 15.0. The van der Waals surface area contributed by atoms with Crippen LogP contribution in [0.4, 0.5) is 0 Å². The summed E-state index contributed by atoms with van der Waals surface area (Å²) < 4.78 is 5.90. The molecule has 0 atom stereocenters. The van der Waals surface area contributed by atoms with Gasteiger partial charge in [-0.25, -0.2) is 0 Å². The molecule has 0 unspecified atom stereocenters. The molecule has 4 heteroatoms. The average molecular weight is 387 g/mol. The molecule has 148 valence electrons. The molecule has 0 aliphatic heterocycles. The van der Waals surface area contributed by atoms with Crippen molar-refractivity contribution in [2.24, 2.45) is 0 Å². The van der Waals surface area contributed by atoms with Crippen molar-refractivity contribution in [1.82, 2.24) is 4.90 Å². The van der Waals surface area contributed by atoms with E-state index in [0.717, 1.165) is 23.2 Å². The first-order chi connectivity index (χ1) is 14.0. The number of ketones is 1. The van der Waals surface area contributed by atoms with Crippen molar-refractivity contribution < 1.29 is 14.6 Å². The van der Waals surface area contributed by atoms with E-state index >= 15 is 0 Å². The maximum Gasteiger partial charge on any atom is 0.189 e. The van der Waals surface area contributed by atoms with Gasteiger partial charge in [0.05, 0.1) is 5.56 Å². The van der Waals surface area contributed by atoms with Crippen LogP contribution in [0.2, 0.25) is 0 Å². The fourth-order valence-corrected chi connectivity index (χ4v) is 2.84. The molecule has 0 radical (unpaired) electrons. The van der Waals surface area contributed by atoms with Crippen molar-refractivity contribution in [3.63, 3.8) is 0 Å². The van der Waals surface area contributed by atoms with Crippen LogP contribution >= 0.6 is 0 Å². The van der Waals surface area contributed by atoms with Gasteiger partial charge in [-0.1, -0.05) is 54.6 Å². The molecule has 0 heterocycles. The second-order valence-corrected chi connectivity index (χ2v) is 7.02.